The molecule has 0 radical (unpaired) electrons. The van der Waals surface area contributed by atoms with Gasteiger partial charge in [0.25, 0.3) is 0 Å². The highest BCUT2D eigenvalue weighted by molar-refractivity contribution is 5.22. The molecule has 0 aromatic heterocycles. The van der Waals surface area contributed by atoms with E-state index in [9.17, 15) is 5.11 Å². The summed E-state index contributed by atoms with van der Waals surface area (Å²) in [5, 5.41) is 9.87. The Morgan fingerprint density at radius 2 is 1.50 bits per heavy atom. The molecule has 0 aromatic rings. The van der Waals surface area contributed by atoms with Gasteiger partial charge in [-0.3, -0.25) is 0 Å². The van der Waals surface area contributed by atoms with E-state index in [2.05, 4.69) is 80.0 Å². The van der Waals surface area contributed by atoms with E-state index < -0.39 is 0 Å². The van der Waals surface area contributed by atoms with Gasteiger partial charge in [0, 0.05) is 18.3 Å². The van der Waals surface area contributed by atoms with Gasteiger partial charge in [-0.05, 0) is 167 Å². The number of fused-ring (bicyclic) bond motifs is 7. The molecule has 3 heteroatoms. The largest absolute Gasteiger partial charge is 0.513 e. The molecule has 5 aliphatic carbocycles. The maximum atomic E-state index is 9.87. The third kappa shape index (κ3) is 5.98. The number of nitrogens with zero attached hydrogens (tertiary/aromatic N) is 1. The van der Waals surface area contributed by atoms with Crippen LogP contribution < -0.4 is 0 Å². The lowest BCUT2D eigenvalue weighted by atomic mass is 9.32. The summed E-state index contributed by atoms with van der Waals surface area (Å²) in [7, 11) is 0. The molecule has 0 amide bonds. The number of hydrogen-bond donors (Lipinski definition) is 1. The number of aliphatic hydroxyl groups is 1. The topological polar surface area (TPSA) is 32.7 Å². The number of allylic oxidation sites excluding steroid dienone is 3. The van der Waals surface area contributed by atoms with Crippen LogP contribution >= 0.6 is 0 Å². The Morgan fingerprint density at radius 3 is 2.17 bits per heavy atom. The molecule has 272 valence electrons. The summed E-state index contributed by atoms with van der Waals surface area (Å²) in [6.07, 6.45) is 20.9. The predicted molar refractivity (Wildman–Crippen MR) is 203 cm³/mol. The molecule has 0 spiro atoms. The summed E-state index contributed by atoms with van der Waals surface area (Å²) in [5.41, 5.74) is 3.18. The Labute approximate surface area is 296 Å². The van der Waals surface area contributed by atoms with Gasteiger partial charge >= 0.3 is 0 Å². The monoisotopic (exact) mass is 662 g/mol. The molecule has 3 nitrogen and oxygen atoms in total. The second kappa shape index (κ2) is 12.8. The molecular formula is C45H75NO2. The highest BCUT2D eigenvalue weighted by Crippen LogP contribution is 2.78. The van der Waals surface area contributed by atoms with Crippen molar-refractivity contribution in [2.45, 2.75) is 164 Å². The van der Waals surface area contributed by atoms with Crippen LogP contribution in [0.1, 0.15) is 158 Å². The second-order valence-corrected chi connectivity index (χ2v) is 20.8. The molecule has 5 unspecified atom stereocenters. The third-order valence-corrected chi connectivity index (χ3v) is 17.2. The fourth-order valence-electron chi connectivity index (χ4n) is 14.9. The van der Waals surface area contributed by atoms with E-state index in [1.165, 1.54) is 109 Å². The molecule has 6 fully saturated rings. The van der Waals surface area contributed by atoms with Gasteiger partial charge in [-0.15, -0.1) is 0 Å². The molecule has 1 saturated heterocycles. The number of ether oxygens (including phenoxy) is 1. The van der Waals surface area contributed by atoms with Crippen molar-refractivity contribution in [3.63, 3.8) is 0 Å². The van der Waals surface area contributed by atoms with Crippen LogP contribution in [0.4, 0.5) is 0 Å². The zero-order valence-corrected chi connectivity index (χ0v) is 32.8. The van der Waals surface area contributed by atoms with E-state index in [1.807, 2.05) is 0 Å². The highest BCUT2D eigenvalue weighted by Gasteiger charge is 2.71. The first kappa shape index (κ1) is 36.6. The minimum absolute atomic E-state index is 0.104. The lowest BCUT2D eigenvalue weighted by molar-refractivity contribution is -0.249. The molecule has 10 atom stereocenters. The summed E-state index contributed by atoms with van der Waals surface area (Å²) in [6.45, 7) is 36.9. The Balaban J connectivity index is 1.22. The molecule has 6 aliphatic rings. The minimum atomic E-state index is -0.107. The molecule has 48 heavy (non-hydrogen) atoms. The van der Waals surface area contributed by atoms with Gasteiger partial charge in [0.2, 0.25) is 0 Å². The van der Waals surface area contributed by atoms with Crippen molar-refractivity contribution >= 4 is 0 Å². The zero-order valence-electron chi connectivity index (χ0n) is 32.8. The average Bonchev–Trinajstić information content (AvgIpc) is 3.38. The van der Waals surface area contributed by atoms with E-state index >= 15 is 0 Å². The van der Waals surface area contributed by atoms with Gasteiger partial charge in [0.05, 0.1) is 11.5 Å². The number of aliphatic hydroxyl groups excluding tert-OH is 1. The fourth-order valence-corrected chi connectivity index (χ4v) is 14.9. The molecule has 6 rings (SSSR count). The summed E-state index contributed by atoms with van der Waals surface area (Å²) >= 11 is 0. The third-order valence-electron chi connectivity index (χ3n) is 17.2. The molecule has 5 saturated carbocycles. The Bertz CT molecular complexity index is 1240. The van der Waals surface area contributed by atoms with Crippen molar-refractivity contribution in [3.05, 3.63) is 36.8 Å². The van der Waals surface area contributed by atoms with Gasteiger partial charge in [0.1, 0.15) is 6.10 Å². The van der Waals surface area contributed by atoms with Crippen molar-refractivity contribution in [1.82, 2.24) is 4.90 Å². The van der Waals surface area contributed by atoms with Crippen molar-refractivity contribution in [2.24, 2.45) is 62.1 Å². The molecule has 0 aromatic carbocycles. The number of hydrogen-bond acceptors (Lipinski definition) is 3. The molecule has 1 aliphatic heterocycles. The van der Waals surface area contributed by atoms with E-state index in [0.29, 0.717) is 34.0 Å². The summed E-state index contributed by atoms with van der Waals surface area (Å²) in [4.78, 5) is 2.82. The molecule has 1 heterocycles. The number of piperidine rings is 1. The Kier molecular flexibility index (Phi) is 9.73. The minimum Gasteiger partial charge on any atom is -0.513 e. The van der Waals surface area contributed by atoms with Gasteiger partial charge < -0.3 is 14.7 Å². The smallest absolute Gasteiger partial charge is 0.104 e. The fraction of sp³-hybridized carbons (Fsp3) is 0.867. The van der Waals surface area contributed by atoms with Crippen molar-refractivity contribution in [1.29, 1.82) is 0 Å². The van der Waals surface area contributed by atoms with Gasteiger partial charge in [-0.25, -0.2) is 0 Å². The van der Waals surface area contributed by atoms with Crippen molar-refractivity contribution in [2.75, 3.05) is 19.6 Å². The number of rotatable bonds is 10. The van der Waals surface area contributed by atoms with Crippen LogP contribution in [-0.2, 0) is 4.74 Å². The van der Waals surface area contributed by atoms with Gasteiger partial charge in [0.15, 0.2) is 0 Å². The molecule has 0 bridgehead atoms. The van der Waals surface area contributed by atoms with E-state index in [0.717, 1.165) is 42.3 Å². The first-order valence-corrected chi connectivity index (χ1v) is 20.5. The summed E-state index contributed by atoms with van der Waals surface area (Å²) in [6, 6.07) is 0. The maximum absolute atomic E-state index is 9.87. The Morgan fingerprint density at radius 1 is 0.792 bits per heavy atom. The normalized spacial score (nSPS) is 44.1. The quantitative estimate of drug-likeness (QED) is 0.187. The van der Waals surface area contributed by atoms with Crippen molar-refractivity contribution < 1.29 is 9.84 Å². The second-order valence-electron chi connectivity index (χ2n) is 20.8. The summed E-state index contributed by atoms with van der Waals surface area (Å²) < 4.78 is 6.83. The lowest BCUT2D eigenvalue weighted by Crippen LogP contribution is -2.66. The highest BCUT2D eigenvalue weighted by atomic mass is 16.5. The molecule has 1 N–H and O–H groups in total. The lowest BCUT2D eigenvalue weighted by Gasteiger charge is -2.73. The van der Waals surface area contributed by atoms with E-state index in [-0.39, 0.29) is 22.7 Å². The first-order valence-electron chi connectivity index (χ1n) is 20.5. The van der Waals surface area contributed by atoms with Crippen LogP contribution in [0.2, 0.25) is 0 Å². The maximum Gasteiger partial charge on any atom is 0.104 e. The molecular weight excluding hydrogens is 587 g/mol. The van der Waals surface area contributed by atoms with Crippen LogP contribution in [0.5, 0.6) is 0 Å². The van der Waals surface area contributed by atoms with E-state index in [4.69, 9.17) is 4.74 Å². The zero-order chi connectivity index (χ0) is 34.9. The van der Waals surface area contributed by atoms with Crippen molar-refractivity contribution in [3.8, 4) is 0 Å². The first-order chi connectivity index (χ1) is 22.4. The predicted octanol–water partition coefficient (Wildman–Crippen LogP) is 12.3. The standard InChI is InChI=1S/C45H75NO2/c1-31(2)34-17-22-45(25-28-46-26-13-12-14-27-46)24-23-43(10)35(39(34)45)15-16-37-42(9)20-19-38(41(7,8)36(42)18-21-44(37,43)11)48-33(4)30-40(5,6)29-32(3)47/h34-39,47H,1,3-4,12-30H2,2,5-11H3/t34-,35?,36-,37+,38?,39+,42?,43+,44?,45?/m0/s1. The van der Waals surface area contributed by atoms with Gasteiger partial charge in [-0.1, -0.05) is 80.2 Å². The Hall–Kier alpha value is -1.22. The van der Waals surface area contributed by atoms with E-state index in [1.54, 1.807) is 0 Å². The van der Waals surface area contributed by atoms with Crippen LogP contribution in [0.15, 0.2) is 36.8 Å². The SMILES string of the molecule is C=C(O)CC(C)(C)CC(=C)OC1CCC2(C)[C@H]3CCC4[C@H]5[C@H](C(=C)C)CCC5(CCN5CCCCC5)CC[C@@]4(C)C3(C)CC[C@H]2C1(C)C. The summed E-state index contributed by atoms with van der Waals surface area (Å²) in [5.74, 6) is 4.98. The average molecular weight is 662 g/mol. The van der Waals surface area contributed by atoms with Crippen LogP contribution in [0, 0.1) is 62.1 Å². The van der Waals surface area contributed by atoms with Crippen LogP contribution in [-0.4, -0.2) is 35.7 Å². The van der Waals surface area contributed by atoms with Crippen LogP contribution in [0.25, 0.3) is 0 Å². The van der Waals surface area contributed by atoms with Gasteiger partial charge in [-0.2, -0.15) is 0 Å². The number of likely N-dealkylation sites (tertiary alicyclic amines) is 1. The van der Waals surface area contributed by atoms with Crippen LogP contribution in [0.3, 0.4) is 0 Å².